The van der Waals surface area contributed by atoms with E-state index in [2.05, 4.69) is 16.0 Å². The number of carbonyl (C=O) groups excluding carboxylic acids is 3. The van der Waals surface area contributed by atoms with Gasteiger partial charge in [0.1, 0.15) is 6.04 Å². The van der Waals surface area contributed by atoms with Crippen LogP contribution in [0.15, 0.2) is 0 Å². The van der Waals surface area contributed by atoms with Crippen LogP contribution in [0.1, 0.15) is 26.2 Å². The second-order valence-corrected chi connectivity index (χ2v) is 3.65. The molecule has 0 rings (SSSR count). The van der Waals surface area contributed by atoms with Crippen LogP contribution in [0.25, 0.3) is 0 Å². The van der Waals surface area contributed by atoms with E-state index < -0.39 is 12.1 Å². The second-order valence-electron chi connectivity index (χ2n) is 3.65. The van der Waals surface area contributed by atoms with Gasteiger partial charge in [0.25, 0.3) is 0 Å². The van der Waals surface area contributed by atoms with E-state index >= 15 is 0 Å². The molecular formula is C10H20N4O3. The van der Waals surface area contributed by atoms with E-state index in [0.29, 0.717) is 19.4 Å². The van der Waals surface area contributed by atoms with Gasteiger partial charge in [0.05, 0.1) is 0 Å². The molecule has 0 aromatic heterocycles. The molecule has 0 spiro atoms. The standard InChI is InChI=1S/C10H20N4O3/c1-7(15)13-6-4-3-5-8(9(16)12-2)14-10(11)17/h8H,3-6H2,1-2H3,(H,12,16)(H,13,15)(H3,11,14,17). The molecule has 0 aliphatic rings. The third-order valence-corrected chi connectivity index (χ3v) is 2.17. The summed E-state index contributed by atoms with van der Waals surface area (Å²) in [5.74, 6) is -0.355. The van der Waals surface area contributed by atoms with E-state index in [1.807, 2.05) is 0 Å². The molecule has 0 heterocycles. The number of amides is 4. The maximum absolute atomic E-state index is 11.4. The Kier molecular flexibility index (Phi) is 7.49. The Bertz CT molecular complexity index is 281. The molecule has 0 fully saturated rings. The first-order chi connectivity index (χ1) is 7.97. The monoisotopic (exact) mass is 244 g/mol. The summed E-state index contributed by atoms with van der Waals surface area (Å²) < 4.78 is 0. The number of hydrogen-bond acceptors (Lipinski definition) is 3. The highest BCUT2D eigenvalue weighted by Crippen LogP contribution is 2.00. The fourth-order valence-electron chi connectivity index (χ4n) is 1.35. The lowest BCUT2D eigenvalue weighted by Crippen LogP contribution is -2.47. The van der Waals surface area contributed by atoms with Gasteiger partial charge in [-0.3, -0.25) is 9.59 Å². The Balaban J connectivity index is 3.87. The van der Waals surface area contributed by atoms with Crippen molar-refractivity contribution in [2.24, 2.45) is 5.73 Å². The van der Waals surface area contributed by atoms with Crippen LogP contribution in [0.2, 0.25) is 0 Å². The Labute approximate surface area is 100 Å². The number of carbonyl (C=O) groups is 3. The summed E-state index contributed by atoms with van der Waals surface area (Å²) in [6.45, 7) is 2.01. The van der Waals surface area contributed by atoms with Crippen LogP contribution in [0.5, 0.6) is 0 Å². The van der Waals surface area contributed by atoms with Gasteiger partial charge >= 0.3 is 6.03 Å². The number of nitrogens with two attached hydrogens (primary N) is 1. The molecule has 7 nitrogen and oxygen atoms in total. The first-order valence-corrected chi connectivity index (χ1v) is 5.49. The van der Waals surface area contributed by atoms with E-state index in [4.69, 9.17) is 5.73 Å². The van der Waals surface area contributed by atoms with Gasteiger partial charge in [0.15, 0.2) is 0 Å². The molecule has 0 aliphatic carbocycles. The van der Waals surface area contributed by atoms with Gasteiger partial charge in [0, 0.05) is 20.5 Å². The second kappa shape index (κ2) is 8.37. The van der Waals surface area contributed by atoms with E-state index in [0.717, 1.165) is 6.42 Å². The highest BCUT2D eigenvalue weighted by atomic mass is 16.2. The lowest BCUT2D eigenvalue weighted by Gasteiger charge is -2.15. The topological polar surface area (TPSA) is 113 Å². The van der Waals surface area contributed by atoms with Crippen molar-refractivity contribution in [3.63, 3.8) is 0 Å². The lowest BCUT2D eigenvalue weighted by molar-refractivity contribution is -0.122. The van der Waals surface area contributed by atoms with Crippen molar-refractivity contribution in [3.8, 4) is 0 Å². The quantitative estimate of drug-likeness (QED) is 0.434. The SMILES string of the molecule is CNC(=O)C(CCCCNC(C)=O)NC(N)=O. The highest BCUT2D eigenvalue weighted by Gasteiger charge is 2.17. The molecule has 0 aliphatic heterocycles. The number of hydrogen-bond donors (Lipinski definition) is 4. The molecule has 0 radical (unpaired) electrons. The number of likely N-dealkylation sites (N-methyl/N-ethyl adjacent to an activating group) is 1. The zero-order chi connectivity index (χ0) is 13.3. The molecule has 7 heteroatoms. The highest BCUT2D eigenvalue weighted by molar-refractivity contribution is 5.86. The number of urea groups is 1. The number of rotatable bonds is 7. The summed E-state index contributed by atoms with van der Waals surface area (Å²) in [5, 5.41) is 7.47. The zero-order valence-corrected chi connectivity index (χ0v) is 10.2. The van der Waals surface area contributed by atoms with Gasteiger partial charge in [-0.1, -0.05) is 0 Å². The van der Waals surface area contributed by atoms with Crippen LogP contribution < -0.4 is 21.7 Å². The maximum Gasteiger partial charge on any atom is 0.312 e. The van der Waals surface area contributed by atoms with E-state index in [-0.39, 0.29) is 11.8 Å². The lowest BCUT2D eigenvalue weighted by atomic mass is 10.1. The van der Waals surface area contributed by atoms with Crippen LogP contribution in [0.4, 0.5) is 4.79 Å². The molecule has 0 saturated heterocycles. The molecule has 1 unspecified atom stereocenters. The van der Waals surface area contributed by atoms with Gasteiger partial charge in [-0.15, -0.1) is 0 Å². The Hall–Kier alpha value is -1.79. The van der Waals surface area contributed by atoms with Crippen molar-refractivity contribution in [2.75, 3.05) is 13.6 Å². The first kappa shape index (κ1) is 15.2. The van der Waals surface area contributed by atoms with Gasteiger partial charge in [-0.25, -0.2) is 4.79 Å². The van der Waals surface area contributed by atoms with E-state index in [9.17, 15) is 14.4 Å². The van der Waals surface area contributed by atoms with Crippen LogP contribution in [-0.2, 0) is 9.59 Å². The average Bonchev–Trinajstić information content (AvgIpc) is 2.25. The number of nitrogens with one attached hydrogen (secondary N) is 3. The third-order valence-electron chi connectivity index (χ3n) is 2.17. The maximum atomic E-state index is 11.4. The predicted molar refractivity (Wildman–Crippen MR) is 63.1 cm³/mol. The fourth-order valence-corrected chi connectivity index (χ4v) is 1.35. The largest absolute Gasteiger partial charge is 0.357 e. The molecule has 5 N–H and O–H groups in total. The number of unbranched alkanes of at least 4 members (excludes halogenated alkanes) is 1. The minimum Gasteiger partial charge on any atom is -0.357 e. The minimum atomic E-state index is -0.722. The summed E-state index contributed by atoms with van der Waals surface area (Å²) in [6, 6.07) is -1.34. The van der Waals surface area contributed by atoms with Crippen molar-refractivity contribution in [2.45, 2.75) is 32.2 Å². The van der Waals surface area contributed by atoms with Gasteiger partial charge in [-0.2, -0.15) is 0 Å². The van der Waals surface area contributed by atoms with Crippen LogP contribution in [0.3, 0.4) is 0 Å². The molecule has 0 saturated carbocycles. The van der Waals surface area contributed by atoms with Crippen LogP contribution in [-0.4, -0.2) is 37.5 Å². The summed E-state index contributed by atoms with van der Waals surface area (Å²) in [5.41, 5.74) is 4.97. The number of primary amides is 1. The molecule has 1 atom stereocenters. The minimum absolute atomic E-state index is 0.0805. The van der Waals surface area contributed by atoms with Crippen molar-refractivity contribution in [1.82, 2.24) is 16.0 Å². The van der Waals surface area contributed by atoms with Crippen molar-refractivity contribution in [3.05, 3.63) is 0 Å². The normalized spacial score (nSPS) is 11.4. The average molecular weight is 244 g/mol. The molecule has 0 aromatic rings. The molecule has 98 valence electrons. The Morgan fingerprint density at radius 2 is 1.88 bits per heavy atom. The molecule has 0 bridgehead atoms. The summed E-state index contributed by atoms with van der Waals surface area (Å²) in [7, 11) is 1.50. The molecule has 0 aromatic carbocycles. The van der Waals surface area contributed by atoms with Gasteiger partial charge < -0.3 is 21.7 Å². The van der Waals surface area contributed by atoms with Gasteiger partial charge in [0.2, 0.25) is 11.8 Å². The van der Waals surface area contributed by atoms with Crippen molar-refractivity contribution < 1.29 is 14.4 Å². The smallest absolute Gasteiger partial charge is 0.312 e. The van der Waals surface area contributed by atoms with Crippen molar-refractivity contribution in [1.29, 1.82) is 0 Å². The fraction of sp³-hybridized carbons (Fsp3) is 0.700. The molecule has 17 heavy (non-hydrogen) atoms. The third kappa shape index (κ3) is 8.06. The van der Waals surface area contributed by atoms with E-state index in [1.54, 1.807) is 0 Å². The van der Waals surface area contributed by atoms with Crippen LogP contribution in [0, 0.1) is 0 Å². The van der Waals surface area contributed by atoms with Crippen LogP contribution >= 0.6 is 0 Å². The Morgan fingerprint density at radius 1 is 1.24 bits per heavy atom. The first-order valence-electron chi connectivity index (χ1n) is 5.49. The molecule has 4 amide bonds. The zero-order valence-electron chi connectivity index (χ0n) is 10.2. The Morgan fingerprint density at radius 3 is 2.35 bits per heavy atom. The summed E-state index contributed by atoms with van der Waals surface area (Å²) in [4.78, 5) is 32.6. The van der Waals surface area contributed by atoms with Crippen molar-refractivity contribution >= 4 is 17.8 Å². The predicted octanol–water partition coefficient (Wildman–Crippen LogP) is -0.924. The molecular weight excluding hydrogens is 224 g/mol. The summed E-state index contributed by atoms with van der Waals surface area (Å²) in [6.07, 6.45) is 1.94. The van der Waals surface area contributed by atoms with Gasteiger partial charge in [-0.05, 0) is 19.3 Å². The van der Waals surface area contributed by atoms with E-state index in [1.165, 1.54) is 14.0 Å². The summed E-state index contributed by atoms with van der Waals surface area (Å²) >= 11 is 0.